The van der Waals surface area contributed by atoms with Crippen LogP contribution in [0.25, 0.3) is 0 Å². The first-order chi connectivity index (χ1) is 4.81. The maximum atomic E-state index is 3.48. The van der Waals surface area contributed by atoms with Crippen molar-refractivity contribution in [1.82, 2.24) is 5.32 Å². The van der Waals surface area contributed by atoms with Gasteiger partial charge in [-0.25, -0.2) is 0 Å². The minimum absolute atomic E-state index is 0. The fourth-order valence-electron chi connectivity index (χ4n) is 2.68. The molecule has 1 saturated carbocycles. The SMILES string of the molecule is CC1CCC2(CCNC2)C1.Cl. The van der Waals surface area contributed by atoms with E-state index in [-0.39, 0.29) is 12.4 Å². The van der Waals surface area contributed by atoms with E-state index in [0.717, 1.165) is 11.3 Å². The third kappa shape index (κ3) is 1.70. The molecule has 1 spiro atoms. The Morgan fingerprint density at radius 2 is 2.18 bits per heavy atom. The highest BCUT2D eigenvalue weighted by Gasteiger charge is 2.39. The molecule has 2 unspecified atom stereocenters. The second-order valence-electron chi connectivity index (χ2n) is 4.27. The van der Waals surface area contributed by atoms with Gasteiger partial charge in [-0.2, -0.15) is 0 Å². The van der Waals surface area contributed by atoms with Gasteiger partial charge in [0.25, 0.3) is 0 Å². The van der Waals surface area contributed by atoms with Gasteiger partial charge in [-0.05, 0) is 37.1 Å². The van der Waals surface area contributed by atoms with E-state index < -0.39 is 0 Å². The van der Waals surface area contributed by atoms with E-state index in [2.05, 4.69) is 12.2 Å². The van der Waals surface area contributed by atoms with Gasteiger partial charge in [-0.3, -0.25) is 0 Å². The lowest BCUT2D eigenvalue weighted by molar-refractivity contribution is 0.324. The minimum atomic E-state index is 0. The molecule has 11 heavy (non-hydrogen) atoms. The average molecular weight is 176 g/mol. The van der Waals surface area contributed by atoms with Crippen molar-refractivity contribution in [3.05, 3.63) is 0 Å². The number of halogens is 1. The predicted molar refractivity (Wildman–Crippen MR) is 50.2 cm³/mol. The Morgan fingerprint density at radius 1 is 1.36 bits per heavy atom. The van der Waals surface area contributed by atoms with Gasteiger partial charge in [0.2, 0.25) is 0 Å². The molecule has 1 aliphatic heterocycles. The summed E-state index contributed by atoms with van der Waals surface area (Å²) >= 11 is 0. The molecular weight excluding hydrogens is 158 g/mol. The third-order valence-corrected chi connectivity index (χ3v) is 3.28. The summed E-state index contributed by atoms with van der Waals surface area (Å²) in [6.45, 7) is 4.97. The minimum Gasteiger partial charge on any atom is -0.316 e. The monoisotopic (exact) mass is 175 g/mol. The topological polar surface area (TPSA) is 12.0 Å². The quantitative estimate of drug-likeness (QED) is 0.596. The summed E-state index contributed by atoms with van der Waals surface area (Å²) in [5.74, 6) is 1.000. The highest BCUT2D eigenvalue weighted by molar-refractivity contribution is 5.85. The van der Waals surface area contributed by atoms with E-state index in [1.807, 2.05) is 0 Å². The zero-order valence-electron chi connectivity index (χ0n) is 7.23. The molecule has 2 atom stereocenters. The van der Waals surface area contributed by atoms with Gasteiger partial charge < -0.3 is 5.32 Å². The average Bonchev–Trinajstić information content (AvgIpc) is 2.46. The Kier molecular flexibility index (Phi) is 2.82. The zero-order valence-corrected chi connectivity index (χ0v) is 8.04. The van der Waals surface area contributed by atoms with Crippen LogP contribution in [0, 0.1) is 11.3 Å². The fraction of sp³-hybridized carbons (Fsp3) is 1.00. The molecule has 0 aromatic heterocycles. The first-order valence-electron chi connectivity index (χ1n) is 4.52. The molecule has 2 rings (SSSR count). The van der Waals surface area contributed by atoms with Crippen LogP contribution in [0.5, 0.6) is 0 Å². The van der Waals surface area contributed by atoms with Crippen LogP contribution in [0.15, 0.2) is 0 Å². The molecule has 1 saturated heterocycles. The van der Waals surface area contributed by atoms with E-state index in [1.165, 1.54) is 38.8 Å². The fourth-order valence-corrected chi connectivity index (χ4v) is 2.68. The van der Waals surface area contributed by atoms with E-state index in [1.54, 1.807) is 0 Å². The Bertz CT molecular complexity index is 130. The predicted octanol–water partition coefficient (Wildman–Crippen LogP) is 2.21. The van der Waals surface area contributed by atoms with Crippen LogP contribution < -0.4 is 5.32 Å². The number of hydrogen-bond donors (Lipinski definition) is 1. The second-order valence-corrected chi connectivity index (χ2v) is 4.27. The second kappa shape index (κ2) is 3.32. The molecule has 1 N–H and O–H groups in total. The van der Waals surface area contributed by atoms with E-state index in [0.29, 0.717) is 0 Å². The molecule has 0 radical (unpaired) electrons. The maximum absolute atomic E-state index is 3.48. The summed E-state index contributed by atoms with van der Waals surface area (Å²) in [7, 11) is 0. The lowest BCUT2D eigenvalue weighted by atomic mass is 9.85. The van der Waals surface area contributed by atoms with Crippen molar-refractivity contribution in [2.24, 2.45) is 11.3 Å². The summed E-state index contributed by atoms with van der Waals surface area (Å²) in [6, 6.07) is 0. The summed E-state index contributed by atoms with van der Waals surface area (Å²) in [5, 5.41) is 3.48. The normalized spacial score (nSPS) is 42.8. The molecule has 66 valence electrons. The van der Waals surface area contributed by atoms with Gasteiger partial charge in [-0.15, -0.1) is 12.4 Å². The highest BCUT2D eigenvalue weighted by atomic mass is 35.5. The third-order valence-electron chi connectivity index (χ3n) is 3.28. The summed E-state index contributed by atoms with van der Waals surface area (Å²) in [4.78, 5) is 0. The standard InChI is InChI=1S/C9H17N.ClH/c1-8-2-3-9(6-8)4-5-10-7-9;/h8,10H,2-7H2,1H3;1H. The first kappa shape index (κ1) is 9.34. The van der Waals surface area contributed by atoms with Gasteiger partial charge in [0, 0.05) is 6.54 Å². The van der Waals surface area contributed by atoms with E-state index >= 15 is 0 Å². The molecule has 2 aliphatic rings. The van der Waals surface area contributed by atoms with Gasteiger partial charge >= 0.3 is 0 Å². The Balaban J connectivity index is 0.000000605. The van der Waals surface area contributed by atoms with Crippen molar-refractivity contribution < 1.29 is 0 Å². The summed E-state index contributed by atoms with van der Waals surface area (Å²) < 4.78 is 0. The number of hydrogen-bond acceptors (Lipinski definition) is 1. The zero-order chi connectivity index (χ0) is 7.03. The number of nitrogens with one attached hydrogen (secondary N) is 1. The molecule has 1 heterocycles. The van der Waals surface area contributed by atoms with Crippen LogP contribution in [0.2, 0.25) is 0 Å². The van der Waals surface area contributed by atoms with Crippen LogP contribution in [0.4, 0.5) is 0 Å². The van der Waals surface area contributed by atoms with Crippen LogP contribution >= 0.6 is 12.4 Å². The largest absolute Gasteiger partial charge is 0.316 e. The summed E-state index contributed by atoms with van der Waals surface area (Å²) in [5.41, 5.74) is 0.749. The lowest BCUT2D eigenvalue weighted by Crippen LogP contribution is -2.20. The van der Waals surface area contributed by atoms with Crippen LogP contribution in [-0.2, 0) is 0 Å². The van der Waals surface area contributed by atoms with Crippen molar-refractivity contribution in [1.29, 1.82) is 0 Å². The Morgan fingerprint density at radius 3 is 2.64 bits per heavy atom. The highest BCUT2D eigenvalue weighted by Crippen LogP contribution is 2.45. The molecule has 0 bridgehead atoms. The van der Waals surface area contributed by atoms with Crippen molar-refractivity contribution in [2.75, 3.05) is 13.1 Å². The molecule has 0 aromatic carbocycles. The van der Waals surface area contributed by atoms with Gasteiger partial charge in [0.1, 0.15) is 0 Å². The van der Waals surface area contributed by atoms with Gasteiger partial charge in [0.05, 0.1) is 0 Å². The number of rotatable bonds is 0. The van der Waals surface area contributed by atoms with Crippen molar-refractivity contribution >= 4 is 12.4 Å². The molecule has 0 amide bonds. The van der Waals surface area contributed by atoms with Gasteiger partial charge in [0.15, 0.2) is 0 Å². The smallest absolute Gasteiger partial charge is 0.000839 e. The van der Waals surface area contributed by atoms with Crippen LogP contribution in [0.1, 0.15) is 32.6 Å². The molecule has 0 aromatic rings. The van der Waals surface area contributed by atoms with Gasteiger partial charge in [-0.1, -0.05) is 13.3 Å². The lowest BCUT2D eigenvalue weighted by Gasteiger charge is -2.20. The van der Waals surface area contributed by atoms with Crippen LogP contribution in [0.3, 0.4) is 0 Å². The summed E-state index contributed by atoms with van der Waals surface area (Å²) in [6.07, 6.45) is 5.89. The van der Waals surface area contributed by atoms with Crippen molar-refractivity contribution in [3.8, 4) is 0 Å². The molecular formula is C9H18ClN. The first-order valence-corrected chi connectivity index (χ1v) is 4.52. The maximum Gasteiger partial charge on any atom is 0.000839 e. The molecule has 2 heteroatoms. The molecule has 1 aliphatic carbocycles. The Hall–Kier alpha value is 0.250. The van der Waals surface area contributed by atoms with Crippen molar-refractivity contribution in [3.63, 3.8) is 0 Å². The van der Waals surface area contributed by atoms with Crippen LogP contribution in [-0.4, -0.2) is 13.1 Å². The molecule has 1 nitrogen and oxygen atoms in total. The van der Waals surface area contributed by atoms with E-state index in [9.17, 15) is 0 Å². The van der Waals surface area contributed by atoms with Crippen molar-refractivity contribution in [2.45, 2.75) is 32.6 Å². The Labute approximate surface area is 75.4 Å². The molecule has 2 fully saturated rings. The van der Waals surface area contributed by atoms with E-state index in [4.69, 9.17) is 0 Å².